The Bertz CT molecular complexity index is 787. The van der Waals surface area contributed by atoms with Gasteiger partial charge in [0.05, 0.1) is 17.9 Å². The van der Waals surface area contributed by atoms with Crippen molar-refractivity contribution in [2.75, 3.05) is 13.2 Å². The van der Waals surface area contributed by atoms with E-state index >= 15 is 0 Å². The summed E-state index contributed by atoms with van der Waals surface area (Å²) in [6, 6.07) is 5.93. The molecule has 0 saturated carbocycles. The minimum absolute atomic E-state index is 0.0491. The third-order valence-electron chi connectivity index (χ3n) is 2.96. The van der Waals surface area contributed by atoms with Gasteiger partial charge in [-0.05, 0) is 25.1 Å². The number of aryl methyl sites for hydroxylation is 1. The van der Waals surface area contributed by atoms with Gasteiger partial charge in [-0.2, -0.15) is 14.0 Å². The number of rotatable bonds is 6. The second-order valence-electron chi connectivity index (χ2n) is 4.61. The molecular weight excluding hydrogens is 340 g/mol. The molecule has 0 atom stereocenters. The highest BCUT2D eigenvalue weighted by molar-refractivity contribution is 7.17. The molecule has 0 aliphatic rings. The maximum Gasteiger partial charge on any atom is 0.387 e. The number of aromatic nitrogens is 1. The Morgan fingerprint density at radius 3 is 2.92 bits per heavy atom. The van der Waals surface area contributed by atoms with E-state index in [-0.39, 0.29) is 30.4 Å². The van der Waals surface area contributed by atoms with Crippen LogP contribution >= 0.6 is 11.3 Å². The van der Waals surface area contributed by atoms with E-state index in [2.05, 4.69) is 15.0 Å². The Hall–Kier alpha value is -2.57. The fourth-order valence-corrected chi connectivity index (χ4v) is 2.91. The molecule has 1 aromatic heterocycles. The zero-order valence-corrected chi connectivity index (χ0v) is 13.4. The maximum atomic E-state index is 12.3. The van der Waals surface area contributed by atoms with Gasteiger partial charge in [0, 0.05) is 12.1 Å². The molecule has 24 heavy (non-hydrogen) atoms. The fraction of sp³-hybridized carbons (Fsp3) is 0.267. The number of carbonyl (C=O) groups excluding carboxylic acids is 1. The van der Waals surface area contributed by atoms with Gasteiger partial charge in [-0.25, -0.2) is 4.98 Å². The van der Waals surface area contributed by atoms with Crippen molar-refractivity contribution in [1.82, 2.24) is 10.3 Å². The lowest BCUT2D eigenvalue weighted by Gasteiger charge is -2.07. The van der Waals surface area contributed by atoms with E-state index < -0.39 is 6.61 Å². The predicted molar refractivity (Wildman–Crippen MR) is 83.1 cm³/mol. The third kappa shape index (κ3) is 4.04. The van der Waals surface area contributed by atoms with E-state index in [1.165, 1.54) is 18.2 Å². The molecule has 2 rings (SSSR count). The van der Waals surface area contributed by atoms with Crippen LogP contribution in [0, 0.1) is 18.3 Å². The van der Waals surface area contributed by atoms with Gasteiger partial charge in [-0.3, -0.25) is 4.79 Å². The van der Waals surface area contributed by atoms with Crippen LogP contribution in [0.1, 0.15) is 20.9 Å². The number of nitrogens with zero attached hydrogens (tertiary/aromatic N) is 2. The number of hydrogen-bond donors (Lipinski definition) is 2. The van der Waals surface area contributed by atoms with Crippen LogP contribution < -0.4 is 10.1 Å². The van der Waals surface area contributed by atoms with Crippen molar-refractivity contribution in [1.29, 1.82) is 5.26 Å². The molecule has 2 aromatic rings. The molecule has 0 spiro atoms. The Balaban J connectivity index is 2.32. The van der Waals surface area contributed by atoms with Crippen molar-refractivity contribution < 1.29 is 23.4 Å². The number of aliphatic hydroxyl groups is 1. The summed E-state index contributed by atoms with van der Waals surface area (Å²) in [7, 11) is 0. The van der Waals surface area contributed by atoms with E-state index in [1.807, 2.05) is 0 Å². The van der Waals surface area contributed by atoms with Crippen LogP contribution in [-0.4, -0.2) is 35.8 Å². The van der Waals surface area contributed by atoms with Gasteiger partial charge in [0.2, 0.25) is 0 Å². The van der Waals surface area contributed by atoms with Gasteiger partial charge in [-0.15, -0.1) is 11.3 Å². The SMILES string of the molecule is Cc1nc(-c2ccc(OC(F)F)c(C#N)c2)sc1C(=O)NCCO. The highest BCUT2D eigenvalue weighted by atomic mass is 32.1. The number of alkyl halides is 2. The molecule has 0 saturated heterocycles. The van der Waals surface area contributed by atoms with E-state index in [4.69, 9.17) is 10.4 Å². The smallest absolute Gasteiger partial charge is 0.387 e. The molecule has 2 N–H and O–H groups in total. The monoisotopic (exact) mass is 353 g/mol. The van der Waals surface area contributed by atoms with E-state index in [9.17, 15) is 13.6 Å². The van der Waals surface area contributed by atoms with Crippen molar-refractivity contribution in [3.05, 3.63) is 34.3 Å². The predicted octanol–water partition coefficient (Wildman–Crippen LogP) is 2.31. The van der Waals surface area contributed by atoms with Crippen LogP contribution in [0.4, 0.5) is 8.78 Å². The summed E-state index contributed by atoms with van der Waals surface area (Å²) in [6.45, 7) is -1.41. The van der Waals surface area contributed by atoms with E-state index in [0.29, 0.717) is 21.1 Å². The molecule has 0 fully saturated rings. The summed E-state index contributed by atoms with van der Waals surface area (Å²) in [5.74, 6) is -0.575. The number of nitrogens with one attached hydrogen (secondary N) is 1. The Kier molecular flexibility index (Phi) is 5.78. The summed E-state index contributed by atoms with van der Waals surface area (Å²) in [4.78, 5) is 16.6. The largest absolute Gasteiger partial charge is 0.433 e. The minimum atomic E-state index is -3.02. The number of hydrogen-bond acceptors (Lipinski definition) is 6. The fourth-order valence-electron chi connectivity index (χ4n) is 1.93. The highest BCUT2D eigenvalue weighted by Gasteiger charge is 2.17. The van der Waals surface area contributed by atoms with Crippen molar-refractivity contribution >= 4 is 17.2 Å². The van der Waals surface area contributed by atoms with Crippen LogP contribution in [-0.2, 0) is 0 Å². The molecule has 6 nitrogen and oxygen atoms in total. The maximum absolute atomic E-state index is 12.3. The average Bonchev–Trinajstić information content (AvgIpc) is 2.94. The van der Waals surface area contributed by atoms with Crippen LogP contribution in [0.3, 0.4) is 0 Å². The number of nitriles is 1. The quantitative estimate of drug-likeness (QED) is 0.831. The zero-order valence-electron chi connectivity index (χ0n) is 12.5. The first-order chi connectivity index (χ1) is 11.5. The van der Waals surface area contributed by atoms with Gasteiger partial charge >= 0.3 is 6.61 Å². The molecule has 9 heteroatoms. The summed E-state index contributed by atoms with van der Waals surface area (Å²) in [5.41, 5.74) is 0.964. The van der Waals surface area contributed by atoms with Crippen LogP contribution in [0.2, 0.25) is 0 Å². The lowest BCUT2D eigenvalue weighted by molar-refractivity contribution is -0.0500. The van der Waals surface area contributed by atoms with E-state index in [1.54, 1.807) is 13.0 Å². The number of carbonyl (C=O) groups is 1. The molecule has 0 radical (unpaired) electrons. The Labute approximate surface area is 140 Å². The highest BCUT2D eigenvalue weighted by Crippen LogP contribution is 2.31. The van der Waals surface area contributed by atoms with Gasteiger partial charge in [0.1, 0.15) is 21.7 Å². The molecule has 1 heterocycles. The summed E-state index contributed by atoms with van der Waals surface area (Å²) < 4.78 is 28.9. The van der Waals surface area contributed by atoms with Gasteiger partial charge < -0.3 is 15.2 Å². The molecule has 0 aliphatic heterocycles. The van der Waals surface area contributed by atoms with E-state index in [0.717, 1.165) is 11.3 Å². The van der Waals surface area contributed by atoms with Crippen molar-refractivity contribution in [3.8, 4) is 22.4 Å². The zero-order chi connectivity index (χ0) is 17.7. The molecular formula is C15H13F2N3O3S. The number of amides is 1. The number of halogens is 2. The molecule has 126 valence electrons. The molecule has 1 aromatic carbocycles. The van der Waals surface area contributed by atoms with Crippen molar-refractivity contribution in [3.63, 3.8) is 0 Å². The molecule has 1 amide bonds. The number of thiazole rings is 1. The summed E-state index contributed by atoms with van der Waals surface area (Å²) in [6.07, 6.45) is 0. The number of benzene rings is 1. The first-order valence-electron chi connectivity index (χ1n) is 6.82. The normalized spacial score (nSPS) is 10.5. The van der Waals surface area contributed by atoms with Crippen molar-refractivity contribution in [2.45, 2.75) is 13.5 Å². The number of ether oxygens (including phenoxy) is 1. The Morgan fingerprint density at radius 1 is 1.54 bits per heavy atom. The van der Waals surface area contributed by atoms with Crippen LogP contribution in [0.15, 0.2) is 18.2 Å². The Morgan fingerprint density at radius 2 is 2.29 bits per heavy atom. The van der Waals surface area contributed by atoms with Crippen molar-refractivity contribution in [2.24, 2.45) is 0 Å². The lowest BCUT2D eigenvalue weighted by Crippen LogP contribution is -2.26. The standard InChI is InChI=1S/C15H13F2N3O3S/c1-8-12(13(22)19-4-5-21)24-14(20-8)9-2-3-11(23-15(16)17)10(6-9)7-18/h2-3,6,15,21H,4-5H2,1H3,(H,19,22). The summed E-state index contributed by atoms with van der Waals surface area (Å²) >= 11 is 1.11. The first kappa shape index (κ1) is 17.8. The molecule has 0 bridgehead atoms. The van der Waals surface area contributed by atoms with Gasteiger partial charge in [0.25, 0.3) is 5.91 Å². The second-order valence-corrected chi connectivity index (χ2v) is 5.61. The summed E-state index contributed by atoms with van der Waals surface area (Å²) in [5, 5.41) is 20.8. The molecule has 0 unspecified atom stereocenters. The average molecular weight is 353 g/mol. The third-order valence-corrected chi connectivity index (χ3v) is 4.17. The first-order valence-corrected chi connectivity index (χ1v) is 7.63. The van der Waals surface area contributed by atoms with Gasteiger partial charge in [-0.1, -0.05) is 0 Å². The number of aliphatic hydroxyl groups excluding tert-OH is 1. The second kappa shape index (κ2) is 7.81. The molecule has 0 aliphatic carbocycles. The van der Waals surface area contributed by atoms with Gasteiger partial charge in [0.15, 0.2) is 0 Å². The topological polar surface area (TPSA) is 95.2 Å². The minimum Gasteiger partial charge on any atom is -0.433 e. The van der Waals surface area contributed by atoms with Crippen LogP contribution in [0.5, 0.6) is 5.75 Å². The lowest BCUT2D eigenvalue weighted by atomic mass is 10.1. The van der Waals surface area contributed by atoms with Crippen LogP contribution in [0.25, 0.3) is 10.6 Å².